The molecule has 17 heavy (non-hydrogen) atoms. The van der Waals surface area contributed by atoms with Gasteiger partial charge in [0.1, 0.15) is 5.84 Å². The SMILES string of the molecule is Cc1cc(C2=NCC(C)(C)N2)cc2[nH]cnc12. The number of rotatable bonds is 1. The number of aryl methyl sites for hydroxylation is 1. The van der Waals surface area contributed by atoms with Crippen molar-refractivity contribution < 1.29 is 0 Å². The first-order valence-electron chi connectivity index (χ1n) is 5.82. The van der Waals surface area contributed by atoms with E-state index in [1.165, 1.54) is 5.56 Å². The monoisotopic (exact) mass is 228 g/mol. The van der Waals surface area contributed by atoms with Gasteiger partial charge in [0.2, 0.25) is 0 Å². The molecule has 2 N–H and O–H groups in total. The molecule has 0 fully saturated rings. The third-order valence-electron chi connectivity index (χ3n) is 3.08. The molecule has 1 aromatic carbocycles. The number of H-pyrrole nitrogens is 1. The molecule has 88 valence electrons. The van der Waals surface area contributed by atoms with Gasteiger partial charge in [-0.05, 0) is 38.5 Å². The average Bonchev–Trinajstić information content (AvgIpc) is 2.84. The van der Waals surface area contributed by atoms with Gasteiger partial charge in [0.25, 0.3) is 0 Å². The molecule has 1 aromatic heterocycles. The molecule has 0 bridgehead atoms. The van der Waals surface area contributed by atoms with Gasteiger partial charge in [-0.15, -0.1) is 0 Å². The standard InChI is InChI=1S/C13H16N4/c1-8-4-9(5-10-11(8)16-7-15-10)12-14-6-13(2,3)17-12/h4-5,7H,6H2,1-3H3,(H,14,17)(H,15,16). The maximum atomic E-state index is 4.56. The normalized spacial score (nSPS) is 18.2. The van der Waals surface area contributed by atoms with Crippen LogP contribution in [0.3, 0.4) is 0 Å². The Morgan fingerprint density at radius 2 is 2.12 bits per heavy atom. The third kappa shape index (κ3) is 1.69. The molecule has 4 nitrogen and oxygen atoms in total. The van der Waals surface area contributed by atoms with Crippen LogP contribution < -0.4 is 5.32 Å². The Morgan fingerprint density at radius 1 is 1.29 bits per heavy atom. The number of fused-ring (bicyclic) bond motifs is 1. The maximum Gasteiger partial charge on any atom is 0.128 e. The van der Waals surface area contributed by atoms with Crippen molar-refractivity contribution in [1.82, 2.24) is 15.3 Å². The van der Waals surface area contributed by atoms with Crippen molar-refractivity contribution in [2.75, 3.05) is 6.54 Å². The minimum absolute atomic E-state index is 0.0617. The lowest BCUT2D eigenvalue weighted by molar-refractivity contribution is 0.506. The molecule has 0 saturated carbocycles. The summed E-state index contributed by atoms with van der Waals surface area (Å²) in [6.45, 7) is 7.21. The Labute approximate surface area is 100 Å². The maximum absolute atomic E-state index is 4.56. The molecule has 0 atom stereocenters. The van der Waals surface area contributed by atoms with E-state index in [4.69, 9.17) is 0 Å². The second-order valence-electron chi connectivity index (χ2n) is 5.27. The number of imidazole rings is 1. The number of aromatic nitrogens is 2. The van der Waals surface area contributed by atoms with Crippen LogP contribution in [0.15, 0.2) is 23.5 Å². The number of aliphatic imine (C=N–C) groups is 1. The van der Waals surface area contributed by atoms with Crippen LogP contribution in [-0.4, -0.2) is 27.9 Å². The van der Waals surface area contributed by atoms with Crippen molar-refractivity contribution >= 4 is 16.9 Å². The fourth-order valence-corrected chi connectivity index (χ4v) is 2.20. The van der Waals surface area contributed by atoms with E-state index in [-0.39, 0.29) is 5.54 Å². The first kappa shape index (κ1) is 10.3. The molecule has 1 aliphatic heterocycles. The fourth-order valence-electron chi connectivity index (χ4n) is 2.20. The van der Waals surface area contributed by atoms with E-state index in [1.807, 2.05) is 0 Å². The molecule has 0 unspecified atom stereocenters. The molecule has 0 spiro atoms. The molecular formula is C13H16N4. The second-order valence-corrected chi connectivity index (χ2v) is 5.27. The van der Waals surface area contributed by atoms with Crippen LogP contribution in [0, 0.1) is 6.92 Å². The summed E-state index contributed by atoms with van der Waals surface area (Å²) < 4.78 is 0. The molecule has 0 aliphatic carbocycles. The average molecular weight is 228 g/mol. The lowest BCUT2D eigenvalue weighted by Crippen LogP contribution is -2.39. The summed E-state index contributed by atoms with van der Waals surface area (Å²) in [7, 11) is 0. The summed E-state index contributed by atoms with van der Waals surface area (Å²) >= 11 is 0. The largest absolute Gasteiger partial charge is 0.363 e. The number of benzene rings is 1. The Hall–Kier alpha value is -1.84. The number of nitrogens with one attached hydrogen (secondary N) is 2. The van der Waals surface area contributed by atoms with E-state index in [1.54, 1.807) is 6.33 Å². The first-order valence-corrected chi connectivity index (χ1v) is 5.82. The third-order valence-corrected chi connectivity index (χ3v) is 3.08. The van der Waals surface area contributed by atoms with Crippen molar-refractivity contribution in [3.05, 3.63) is 29.6 Å². The van der Waals surface area contributed by atoms with Crippen molar-refractivity contribution in [1.29, 1.82) is 0 Å². The quantitative estimate of drug-likeness (QED) is 0.784. The molecule has 0 saturated heterocycles. The highest BCUT2D eigenvalue weighted by molar-refractivity contribution is 6.03. The van der Waals surface area contributed by atoms with E-state index >= 15 is 0 Å². The zero-order valence-electron chi connectivity index (χ0n) is 10.3. The van der Waals surface area contributed by atoms with Gasteiger partial charge < -0.3 is 10.3 Å². The van der Waals surface area contributed by atoms with Crippen LogP contribution in [0.25, 0.3) is 11.0 Å². The predicted octanol–water partition coefficient (Wildman–Crippen LogP) is 2.00. The fraction of sp³-hybridized carbons (Fsp3) is 0.385. The Kier molecular flexibility index (Phi) is 2.02. The summed E-state index contributed by atoms with van der Waals surface area (Å²) in [5.41, 5.74) is 4.46. The topological polar surface area (TPSA) is 53.1 Å². The minimum atomic E-state index is 0.0617. The Balaban J connectivity index is 2.07. The molecule has 0 radical (unpaired) electrons. The predicted molar refractivity (Wildman–Crippen MR) is 69.4 cm³/mol. The molecule has 1 aliphatic rings. The highest BCUT2D eigenvalue weighted by Crippen LogP contribution is 2.20. The molecule has 2 heterocycles. The summed E-state index contributed by atoms with van der Waals surface area (Å²) in [4.78, 5) is 12.0. The molecule has 4 heteroatoms. The molecule has 2 aromatic rings. The number of aromatic amines is 1. The van der Waals surface area contributed by atoms with Crippen LogP contribution >= 0.6 is 0 Å². The second kappa shape index (κ2) is 3.32. The minimum Gasteiger partial charge on any atom is -0.363 e. The van der Waals surface area contributed by atoms with E-state index in [0.29, 0.717) is 0 Å². The zero-order chi connectivity index (χ0) is 12.0. The van der Waals surface area contributed by atoms with Crippen LogP contribution in [0.4, 0.5) is 0 Å². The smallest absolute Gasteiger partial charge is 0.128 e. The number of hydrogen-bond acceptors (Lipinski definition) is 3. The van der Waals surface area contributed by atoms with Crippen molar-refractivity contribution in [3.8, 4) is 0 Å². The molecule has 0 amide bonds. The van der Waals surface area contributed by atoms with E-state index in [0.717, 1.165) is 29.0 Å². The lowest BCUT2D eigenvalue weighted by Gasteiger charge is -2.18. The Morgan fingerprint density at radius 3 is 2.82 bits per heavy atom. The van der Waals surface area contributed by atoms with E-state index in [2.05, 4.69) is 53.2 Å². The number of hydrogen-bond donors (Lipinski definition) is 2. The summed E-state index contributed by atoms with van der Waals surface area (Å²) in [5, 5.41) is 3.45. The van der Waals surface area contributed by atoms with Gasteiger partial charge in [0.15, 0.2) is 0 Å². The number of amidine groups is 1. The van der Waals surface area contributed by atoms with Crippen LogP contribution in [0.1, 0.15) is 25.0 Å². The molecule has 3 rings (SSSR count). The molecular weight excluding hydrogens is 212 g/mol. The highest BCUT2D eigenvalue weighted by Gasteiger charge is 2.25. The van der Waals surface area contributed by atoms with Gasteiger partial charge in [0.05, 0.1) is 29.4 Å². The Bertz CT molecular complexity index is 607. The summed E-state index contributed by atoms with van der Waals surface area (Å²) in [5.74, 6) is 0.981. The van der Waals surface area contributed by atoms with Gasteiger partial charge in [0, 0.05) is 5.56 Å². The first-order chi connectivity index (χ1) is 8.05. The summed E-state index contributed by atoms with van der Waals surface area (Å²) in [6, 6.07) is 4.24. The van der Waals surface area contributed by atoms with E-state index < -0.39 is 0 Å². The highest BCUT2D eigenvalue weighted by atomic mass is 15.1. The van der Waals surface area contributed by atoms with Gasteiger partial charge in [-0.25, -0.2) is 4.98 Å². The zero-order valence-corrected chi connectivity index (χ0v) is 10.3. The van der Waals surface area contributed by atoms with Crippen molar-refractivity contribution in [2.24, 2.45) is 4.99 Å². The van der Waals surface area contributed by atoms with Gasteiger partial charge in [-0.3, -0.25) is 4.99 Å². The van der Waals surface area contributed by atoms with Crippen molar-refractivity contribution in [3.63, 3.8) is 0 Å². The van der Waals surface area contributed by atoms with Gasteiger partial charge in [-0.2, -0.15) is 0 Å². The van der Waals surface area contributed by atoms with Crippen molar-refractivity contribution in [2.45, 2.75) is 26.3 Å². The summed E-state index contributed by atoms with van der Waals surface area (Å²) in [6.07, 6.45) is 1.73. The lowest BCUT2D eigenvalue weighted by atomic mass is 10.1. The van der Waals surface area contributed by atoms with Crippen LogP contribution in [0.2, 0.25) is 0 Å². The van der Waals surface area contributed by atoms with Gasteiger partial charge in [-0.1, -0.05) is 0 Å². The van der Waals surface area contributed by atoms with Gasteiger partial charge >= 0.3 is 0 Å². The van der Waals surface area contributed by atoms with Crippen LogP contribution in [0.5, 0.6) is 0 Å². The van der Waals surface area contributed by atoms with E-state index in [9.17, 15) is 0 Å². The van der Waals surface area contributed by atoms with Crippen LogP contribution in [-0.2, 0) is 0 Å². The number of nitrogens with zero attached hydrogens (tertiary/aromatic N) is 2.